The summed E-state index contributed by atoms with van der Waals surface area (Å²) < 4.78 is 0. The van der Waals surface area contributed by atoms with Crippen LogP contribution in [0.1, 0.15) is 36.0 Å². The largest absolute Gasteiger partial charge is 0.332 e. The third-order valence-electron chi connectivity index (χ3n) is 4.54. The van der Waals surface area contributed by atoms with Crippen molar-refractivity contribution in [2.45, 2.75) is 31.7 Å². The first-order chi connectivity index (χ1) is 8.72. The Balaban J connectivity index is 1.66. The van der Waals surface area contributed by atoms with E-state index in [-0.39, 0.29) is 5.78 Å². The van der Waals surface area contributed by atoms with Gasteiger partial charge in [-0.1, -0.05) is 11.6 Å². The van der Waals surface area contributed by atoms with Crippen molar-refractivity contribution in [3.05, 3.63) is 34.9 Å². The van der Waals surface area contributed by atoms with Crippen LogP contribution in [0, 0.1) is 5.92 Å². The van der Waals surface area contributed by atoms with Gasteiger partial charge in [-0.25, -0.2) is 0 Å². The van der Waals surface area contributed by atoms with Gasteiger partial charge in [0.15, 0.2) is 5.78 Å². The molecule has 18 heavy (non-hydrogen) atoms. The van der Waals surface area contributed by atoms with Crippen molar-refractivity contribution in [1.82, 2.24) is 0 Å². The average Bonchev–Trinajstić information content (AvgIpc) is 2.41. The zero-order valence-corrected chi connectivity index (χ0v) is 11.2. The molecular weight excluding hydrogens is 246 g/mol. The number of Topliss-reactive ketones (excluding diaryl/α,β-unsaturated/α-hetero) is 1. The van der Waals surface area contributed by atoms with Gasteiger partial charge in [0.25, 0.3) is 0 Å². The lowest BCUT2D eigenvalue weighted by Gasteiger charge is -2.42. The molecule has 3 heterocycles. The van der Waals surface area contributed by atoms with E-state index in [1.807, 2.05) is 12.1 Å². The second kappa shape index (κ2) is 5.02. The van der Waals surface area contributed by atoms with Crippen LogP contribution in [-0.2, 0) is 0 Å². The molecular formula is C15H19ClNO+. The van der Waals surface area contributed by atoms with Crippen LogP contribution in [0.25, 0.3) is 0 Å². The van der Waals surface area contributed by atoms with Crippen LogP contribution < -0.4 is 4.90 Å². The number of hydrogen-bond acceptors (Lipinski definition) is 1. The number of quaternary nitrogens is 1. The zero-order chi connectivity index (χ0) is 12.5. The number of piperidine rings is 3. The van der Waals surface area contributed by atoms with Crippen molar-refractivity contribution >= 4 is 17.4 Å². The quantitative estimate of drug-likeness (QED) is 0.829. The third-order valence-corrected chi connectivity index (χ3v) is 4.79. The maximum atomic E-state index is 12.2. The third kappa shape index (κ3) is 2.45. The van der Waals surface area contributed by atoms with E-state index in [0.29, 0.717) is 17.5 Å². The van der Waals surface area contributed by atoms with Crippen molar-refractivity contribution < 1.29 is 9.69 Å². The highest BCUT2D eigenvalue weighted by Gasteiger charge is 2.38. The fraction of sp³-hybridized carbons (Fsp3) is 0.533. The van der Waals surface area contributed by atoms with E-state index in [2.05, 4.69) is 0 Å². The number of rotatable bonds is 3. The molecule has 2 nitrogen and oxygen atoms in total. The molecule has 0 saturated carbocycles. The summed E-state index contributed by atoms with van der Waals surface area (Å²) in [6.07, 6.45) is 4.67. The Morgan fingerprint density at radius 3 is 2.44 bits per heavy atom. The maximum absolute atomic E-state index is 12.2. The Bertz CT molecular complexity index is 434. The fourth-order valence-corrected chi connectivity index (χ4v) is 3.59. The number of hydrogen-bond donors (Lipinski definition) is 1. The highest BCUT2D eigenvalue weighted by molar-refractivity contribution is 6.30. The molecule has 0 amide bonds. The van der Waals surface area contributed by atoms with Gasteiger partial charge in [0.1, 0.15) is 0 Å². The maximum Gasteiger partial charge on any atom is 0.168 e. The van der Waals surface area contributed by atoms with Crippen molar-refractivity contribution in [3.8, 4) is 0 Å². The second-order valence-electron chi connectivity index (χ2n) is 5.67. The van der Waals surface area contributed by atoms with E-state index < -0.39 is 0 Å². The summed E-state index contributed by atoms with van der Waals surface area (Å²) in [4.78, 5) is 13.9. The molecule has 3 saturated heterocycles. The number of nitrogens with one attached hydrogen (secondary N) is 1. The van der Waals surface area contributed by atoms with Gasteiger partial charge in [-0.2, -0.15) is 0 Å². The zero-order valence-electron chi connectivity index (χ0n) is 10.5. The number of carbonyl (C=O) groups is 1. The lowest BCUT2D eigenvalue weighted by atomic mass is 9.81. The molecule has 1 unspecified atom stereocenters. The minimum Gasteiger partial charge on any atom is -0.332 e. The summed E-state index contributed by atoms with van der Waals surface area (Å²) in [5.74, 6) is 1.15. The first-order valence-electron chi connectivity index (χ1n) is 6.86. The van der Waals surface area contributed by atoms with Crippen molar-refractivity contribution in [2.75, 3.05) is 13.1 Å². The monoisotopic (exact) mass is 264 g/mol. The molecule has 0 spiro atoms. The first-order valence-corrected chi connectivity index (χ1v) is 7.23. The Kier molecular flexibility index (Phi) is 3.40. The summed E-state index contributed by atoms with van der Waals surface area (Å²) in [5.41, 5.74) is 0.807. The fourth-order valence-electron chi connectivity index (χ4n) is 3.47. The Hall–Kier alpha value is -0.860. The Morgan fingerprint density at radius 2 is 1.89 bits per heavy atom. The molecule has 1 atom stereocenters. The summed E-state index contributed by atoms with van der Waals surface area (Å²) in [6, 6.07) is 7.84. The smallest absolute Gasteiger partial charge is 0.168 e. The lowest BCUT2D eigenvalue weighted by molar-refractivity contribution is -0.941. The van der Waals surface area contributed by atoms with Gasteiger partial charge < -0.3 is 4.90 Å². The van der Waals surface area contributed by atoms with Gasteiger partial charge in [0, 0.05) is 17.0 Å². The van der Waals surface area contributed by atoms with E-state index in [4.69, 9.17) is 11.6 Å². The molecule has 3 aliphatic heterocycles. The van der Waals surface area contributed by atoms with Crippen LogP contribution in [0.5, 0.6) is 0 Å². The molecule has 3 aliphatic rings. The number of benzene rings is 1. The normalized spacial score (nSPS) is 30.4. The summed E-state index contributed by atoms with van der Waals surface area (Å²) in [7, 11) is 0. The number of fused-ring (bicyclic) bond motifs is 3. The lowest BCUT2D eigenvalue weighted by Crippen LogP contribution is -3.18. The van der Waals surface area contributed by atoms with E-state index >= 15 is 0 Å². The molecule has 3 fully saturated rings. The van der Waals surface area contributed by atoms with Gasteiger partial charge in [-0.3, -0.25) is 4.79 Å². The molecule has 0 aliphatic carbocycles. The van der Waals surface area contributed by atoms with Crippen LogP contribution in [0.15, 0.2) is 24.3 Å². The summed E-state index contributed by atoms with van der Waals surface area (Å²) in [6.45, 7) is 2.53. The van der Waals surface area contributed by atoms with Crippen LogP contribution >= 0.6 is 11.6 Å². The molecule has 0 aromatic heterocycles. The molecule has 1 aromatic carbocycles. The molecule has 0 radical (unpaired) electrons. The van der Waals surface area contributed by atoms with E-state index in [0.717, 1.165) is 11.5 Å². The number of carbonyl (C=O) groups excluding carboxylic acids is 1. The number of halogens is 1. The van der Waals surface area contributed by atoms with Crippen LogP contribution in [0.2, 0.25) is 5.02 Å². The van der Waals surface area contributed by atoms with Gasteiger partial charge >= 0.3 is 0 Å². The predicted octanol–water partition coefficient (Wildman–Crippen LogP) is 1.98. The average molecular weight is 265 g/mol. The Labute approximate surface area is 113 Å². The molecule has 96 valence electrons. The number of ketones is 1. The molecule has 3 heteroatoms. The standard InChI is InChI=1S/C15H18ClNO/c16-13-3-1-12(2-4-13)15(18)10-14-9-11-5-7-17(14)8-6-11/h1-4,11,14H,5-10H2/p+1. The van der Waals surface area contributed by atoms with Crippen LogP contribution in [0.4, 0.5) is 0 Å². The van der Waals surface area contributed by atoms with Crippen LogP contribution in [0.3, 0.4) is 0 Å². The molecule has 1 N–H and O–H groups in total. The highest BCUT2D eigenvalue weighted by Crippen LogP contribution is 2.23. The topological polar surface area (TPSA) is 21.5 Å². The van der Waals surface area contributed by atoms with Crippen molar-refractivity contribution in [1.29, 1.82) is 0 Å². The molecule has 2 bridgehead atoms. The van der Waals surface area contributed by atoms with E-state index in [9.17, 15) is 4.79 Å². The SMILES string of the molecule is O=C(CC1CC2CC[NH+]1CC2)c1ccc(Cl)cc1. The van der Waals surface area contributed by atoms with Crippen LogP contribution in [-0.4, -0.2) is 24.9 Å². The van der Waals surface area contributed by atoms with Crippen molar-refractivity contribution in [3.63, 3.8) is 0 Å². The van der Waals surface area contributed by atoms with Gasteiger partial charge in [-0.05, 0) is 43.0 Å². The minimum atomic E-state index is 0.275. The molecule has 4 rings (SSSR count). The van der Waals surface area contributed by atoms with Gasteiger partial charge in [0.2, 0.25) is 0 Å². The summed E-state index contributed by atoms with van der Waals surface area (Å²) in [5, 5.41) is 0.692. The summed E-state index contributed by atoms with van der Waals surface area (Å²) >= 11 is 5.84. The second-order valence-corrected chi connectivity index (χ2v) is 6.10. The Morgan fingerprint density at radius 1 is 1.22 bits per heavy atom. The van der Waals surface area contributed by atoms with Crippen molar-refractivity contribution in [2.24, 2.45) is 5.92 Å². The van der Waals surface area contributed by atoms with Gasteiger partial charge in [-0.15, -0.1) is 0 Å². The van der Waals surface area contributed by atoms with E-state index in [1.54, 1.807) is 17.0 Å². The molecule has 1 aromatic rings. The van der Waals surface area contributed by atoms with Gasteiger partial charge in [0.05, 0.1) is 25.6 Å². The first kappa shape index (κ1) is 12.2. The minimum absolute atomic E-state index is 0.275. The van der Waals surface area contributed by atoms with E-state index in [1.165, 1.54) is 32.4 Å². The predicted molar refractivity (Wildman–Crippen MR) is 72.2 cm³/mol. The highest BCUT2D eigenvalue weighted by atomic mass is 35.5.